The standard InChI is InChI=1S/C20H21FN4/c1-15-22-11-17-13-24(10-8-20(17)23-15)14-19-3-2-9-25(19)12-16-4-6-18(21)7-5-16/h2-7,9,11H,8,10,12-14H2,1H3. The Bertz CT molecular complexity index is 870. The van der Waals surface area contributed by atoms with E-state index in [-0.39, 0.29) is 5.82 Å². The van der Waals surface area contributed by atoms with Crippen molar-refractivity contribution < 1.29 is 4.39 Å². The van der Waals surface area contributed by atoms with E-state index >= 15 is 0 Å². The molecule has 0 radical (unpaired) electrons. The van der Waals surface area contributed by atoms with Gasteiger partial charge in [0, 0.05) is 61.9 Å². The summed E-state index contributed by atoms with van der Waals surface area (Å²) < 4.78 is 15.3. The molecule has 0 aliphatic carbocycles. The van der Waals surface area contributed by atoms with Crippen molar-refractivity contribution in [3.63, 3.8) is 0 Å². The molecule has 0 fully saturated rings. The average molecular weight is 336 g/mol. The van der Waals surface area contributed by atoms with Gasteiger partial charge in [0.25, 0.3) is 0 Å². The lowest BCUT2D eigenvalue weighted by Gasteiger charge is -2.28. The van der Waals surface area contributed by atoms with E-state index in [1.807, 2.05) is 25.3 Å². The van der Waals surface area contributed by atoms with E-state index in [4.69, 9.17) is 0 Å². The number of hydrogen-bond donors (Lipinski definition) is 0. The number of aromatic nitrogens is 3. The van der Waals surface area contributed by atoms with Crippen LogP contribution in [0.2, 0.25) is 0 Å². The van der Waals surface area contributed by atoms with Crippen LogP contribution in [-0.4, -0.2) is 26.0 Å². The van der Waals surface area contributed by atoms with Crippen molar-refractivity contribution in [1.29, 1.82) is 0 Å². The molecule has 0 saturated carbocycles. The highest BCUT2D eigenvalue weighted by molar-refractivity contribution is 5.22. The Balaban J connectivity index is 1.46. The Hall–Kier alpha value is -2.53. The fraction of sp³-hybridized carbons (Fsp3) is 0.300. The van der Waals surface area contributed by atoms with Gasteiger partial charge in [-0.05, 0) is 36.8 Å². The molecule has 3 aromatic rings. The molecule has 25 heavy (non-hydrogen) atoms. The van der Waals surface area contributed by atoms with Gasteiger partial charge in [0.1, 0.15) is 11.6 Å². The van der Waals surface area contributed by atoms with Crippen LogP contribution in [0, 0.1) is 12.7 Å². The van der Waals surface area contributed by atoms with Gasteiger partial charge in [-0.2, -0.15) is 0 Å². The number of aryl methyl sites for hydroxylation is 1. The maximum absolute atomic E-state index is 13.1. The van der Waals surface area contributed by atoms with Crippen LogP contribution in [0.15, 0.2) is 48.8 Å². The van der Waals surface area contributed by atoms with Gasteiger partial charge in [0.15, 0.2) is 0 Å². The van der Waals surface area contributed by atoms with Crippen LogP contribution in [0.1, 0.15) is 28.3 Å². The molecule has 0 amide bonds. The zero-order valence-corrected chi connectivity index (χ0v) is 14.3. The molecule has 128 valence electrons. The highest BCUT2D eigenvalue weighted by atomic mass is 19.1. The van der Waals surface area contributed by atoms with Crippen molar-refractivity contribution >= 4 is 0 Å². The summed E-state index contributed by atoms with van der Waals surface area (Å²) in [5.41, 5.74) is 4.78. The number of nitrogens with zero attached hydrogens (tertiary/aromatic N) is 4. The normalized spacial score (nSPS) is 14.5. The third-order valence-corrected chi connectivity index (χ3v) is 4.71. The number of benzene rings is 1. The zero-order valence-electron chi connectivity index (χ0n) is 14.3. The van der Waals surface area contributed by atoms with Crippen LogP contribution in [0.5, 0.6) is 0 Å². The van der Waals surface area contributed by atoms with Crippen molar-refractivity contribution in [1.82, 2.24) is 19.4 Å². The summed E-state index contributed by atoms with van der Waals surface area (Å²) in [7, 11) is 0. The van der Waals surface area contributed by atoms with Gasteiger partial charge in [0.2, 0.25) is 0 Å². The topological polar surface area (TPSA) is 34.0 Å². The van der Waals surface area contributed by atoms with E-state index in [1.165, 1.54) is 29.1 Å². The van der Waals surface area contributed by atoms with Crippen LogP contribution >= 0.6 is 0 Å². The second-order valence-corrected chi connectivity index (χ2v) is 6.60. The van der Waals surface area contributed by atoms with Gasteiger partial charge < -0.3 is 4.57 Å². The number of fused-ring (bicyclic) bond motifs is 1. The molecule has 4 rings (SSSR count). The third-order valence-electron chi connectivity index (χ3n) is 4.71. The summed E-state index contributed by atoms with van der Waals surface area (Å²) in [4.78, 5) is 11.3. The van der Waals surface area contributed by atoms with Gasteiger partial charge >= 0.3 is 0 Å². The van der Waals surface area contributed by atoms with Crippen LogP contribution in [0.25, 0.3) is 0 Å². The predicted molar refractivity (Wildman–Crippen MR) is 94.5 cm³/mol. The van der Waals surface area contributed by atoms with Crippen molar-refractivity contribution in [3.8, 4) is 0 Å². The van der Waals surface area contributed by atoms with E-state index in [0.29, 0.717) is 0 Å². The molecule has 1 aliphatic rings. The molecule has 5 heteroatoms. The Morgan fingerprint density at radius 1 is 1.12 bits per heavy atom. The minimum atomic E-state index is -0.194. The largest absolute Gasteiger partial charge is 0.346 e. The molecule has 2 aromatic heterocycles. The summed E-state index contributed by atoms with van der Waals surface area (Å²) >= 11 is 0. The fourth-order valence-electron chi connectivity index (χ4n) is 3.37. The van der Waals surface area contributed by atoms with Crippen molar-refractivity contribution in [2.75, 3.05) is 6.54 Å². The molecule has 3 heterocycles. The second kappa shape index (κ2) is 6.76. The molecule has 0 spiro atoms. The Morgan fingerprint density at radius 3 is 2.80 bits per heavy atom. The van der Waals surface area contributed by atoms with Crippen molar-refractivity contribution in [2.24, 2.45) is 0 Å². The van der Waals surface area contributed by atoms with Gasteiger partial charge in [-0.15, -0.1) is 0 Å². The molecule has 0 saturated heterocycles. The lowest BCUT2D eigenvalue weighted by atomic mass is 10.1. The highest BCUT2D eigenvalue weighted by Gasteiger charge is 2.19. The molecule has 1 aromatic carbocycles. The first-order chi connectivity index (χ1) is 12.2. The van der Waals surface area contributed by atoms with Crippen LogP contribution in [0.4, 0.5) is 4.39 Å². The number of hydrogen-bond acceptors (Lipinski definition) is 3. The van der Waals surface area contributed by atoms with E-state index in [0.717, 1.165) is 44.0 Å². The average Bonchev–Trinajstić information content (AvgIpc) is 3.04. The predicted octanol–water partition coefficient (Wildman–Crippen LogP) is 3.33. The minimum absolute atomic E-state index is 0.194. The third kappa shape index (κ3) is 3.61. The van der Waals surface area contributed by atoms with Crippen LogP contribution < -0.4 is 0 Å². The number of halogens is 1. The zero-order chi connectivity index (χ0) is 17.2. The molecule has 0 atom stereocenters. The van der Waals surface area contributed by atoms with E-state index < -0.39 is 0 Å². The first kappa shape index (κ1) is 16.0. The summed E-state index contributed by atoms with van der Waals surface area (Å²) in [6.07, 6.45) is 5.02. The van der Waals surface area contributed by atoms with Crippen LogP contribution in [0.3, 0.4) is 0 Å². The minimum Gasteiger partial charge on any atom is -0.346 e. The van der Waals surface area contributed by atoms with Gasteiger partial charge in [-0.1, -0.05) is 12.1 Å². The van der Waals surface area contributed by atoms with E-state index in [2.05, 4.69) is 37.8 Å². The molecule has 4 nitrogen and oxygen atoms in total. The van der Waals surface area contributed by atoms with Gasteiger partial charge in [-0.3, -0.25) is 4.90 Å². The first-order valence-electron chi connectivity index (χ1n) is 8.59. The maximum Gasteiger partial charge on any atom is 0.125 e. The Kier molecular flexibility index (Phi) is 4.32. The molecule has 0 N–H and O–H groups in total. The monoisotopic (exact) mass is 336 g/mol. The lowest BCUT2D eigenvalue weighted by Crippen LogP contribution is -2.31. The maximum atomic E-state index is 13.1. The van der Waals surface area contributed by atoms with Gasteiger partial charge in [0.05, 0.1) is 0 Å². The number of rotatable bonds is 4. The highest BCUT2D eigenvalue weighted by Crippen LogP contribution is 2.19. The molecule has 0 bridgehead atoms. The Labute approximate surface area is 147 Å². The van der Waals surface area contributed by atoms with Gasteiger partial charge in [-0.25, -0.2) is 14.4 Å². The quantitative estimate of drug-likeness (QED) is 0.733. The molecular formula is C20H21FN4. The molecular weight excluding hydrogens is 315 g/mol. The Morgan fingerprint density at radius 2 is 1.96 bits per heavy atom. The fourth-order valence-corrected chi connectivity index (χ4v) is 3.37. The summed E-state index contributed by atoms with van der Waals surface area (Å²) in [5, 5.41) is 0. The van der Waals surface area contributed by atoms with E-state index in [9.17, 15) is 4.39 Å². The summed E-state index contributed by atoms with van der Waals surface area (Å²) in [6, 6.07) is 10.9. The molecule has 0 unspecified atom stereocenters. The van der Waals surface area contributed by atoms with Crippen molar-refractivity contribution in [3.05, 3.63) is 82.9 Å². The summed E-state index contributed by atoms with van der Waals surface area (Å²) in [5.74, 6) is 0.654. The smallest absolute Gasteiger partial charge is 0.125 e. The summed E-state index contributed by atoms with van der Waals surface area (Å²) in [6.45, 7) is 5.48. The van der Waals surface area contributed by atoms with Crippen LogP contribution in [-0.2, 0) is 26.1 Å². The lowest BCUT2D eigenvalue weighted by molar-refractivity contribution is 0.237. The SMILES string of the molecule is Cc1ncc2c(n1)CCN(Cc1cccn1Cc1ccc(F)cc1)C2. The van der Waals surface area contributed by atoms with E-state index in [1.54, 1.807) is 0 Å². The second-order valence-electron chi connectivity index (χ2n) is 6.60. The van der Waals surface area contributed by atoms with Crippen molar-refractivity contribution in [2.45, 2.75) is 33.0 Å². The molecule has 1 aliphatic heterocycles. The first-order valence-corrected chi connectivity index (χ1v) is 8.59.